The summed E-state index contributed by atoms with van der Waals surface area (Å²) >= 11 is 0. The lowest BCUT2D eigenvalue weighted by Gasteiger charge is -2.59. The first-order chi connectivity index (χ1) is 6.88. The number of carbonyl (C=O) groups excluding carboxylic acids is 1. The lowest BCUT2D eigenvalue weighted by atomic mass is 9.49. The third kappa shape index (κ3) is 0.928. The number of hydrogen-bond acceptors (Lipinski definition) is 2. The molecule has 2 heteroatoms. The second-order valence-electron chi connectivity index (χ2n) is 5.20. The smallest absolute Gasteiger partial charge is 0.124 e. The van der Waals surface area contributed by atoms with E-state index in [1.807, 2.05) is 0 Å². The van der Waals surface area contributed by atoms with E-state index in [0.29, 0.717) is 17.9 Å². The molecule has 3 aliphatic rings. The van der Waals surface area contributed by atoms with Gasteiger partial charge in [-0.2, -0.15) is 0 Å². The number of hydrogen-bond donors (Lipinski definition) is 0. The highest BCUT2D eigenvalue weighted by Gasteiger charge is 2.63. The molecule has 3 atom stereocenters. The zero-order valence-corrected chi connectivity index (χ0v) is 8.58. The summed E-state index contributed by atoms with van der Waals surface area (Å²) in [6, 6.07) is 0. The summed E-state index contributed by atoms with van der Waals surface area (Å²) in [5.74, 6) is 0.898. The van der Waals surface area contributed by atoms with E-state index in [1.54, 1.807) is 0 Å². The van der Waals surface area contributed by atoms with Crippen molar-refractivity contribution in [3.8, 4) is 0 Å². The SMILES string of the molecule is O=C[C@@H]1[C@H]2CCCO[C@@H]2C12CCCC2. The summed E-state index contributed by atoms with van der Waals surface area (Å²) in [5, 5.41) is 0. The van der Waals surface area contributed by atoms with Gasteiger partial charge in [-0.1, -0.05) is 12.8 Å². The maximum Gasteiger partial charge on any atom is 0.124 e. The molecule has 2 nitrogen and oxygen atoms in total. The molecule has 0 unspecified atom stereocenters. The Labute approximate surface area is 85.0 Å². The van der Waals surface area contributed by atoms with Crippen molar-refractivity contribution in [1.29, 1.82) is 0 Å². The molecule has 14 heavy (non-hydrogen) atoms. The molecule has 1 heterocycles. The van der Waals surface area contributed by atoms with E-state index in [2.05, 4.69) is 0 Å². The molecule has 0 N–H and O–H groups in total. The molecule has 0 radical (unpaired) electrons. The van der Waals surface area contributed by atoms with Crippen LogP contribution in [0.2, 0.25) is 0 Å². The Morgan fingerprint density at radius 3 is 2.71 bits per heavy atom. The van der Waals surface area contributed by atoms with E-state index in [4.69, 9.17) is 4.74 Å². The lowest BCUT2D eigenvalue weighted by molar-refractivity contribution is -0.219. The highest BCUT2D eigenvalue weighted by atomic mass is 16.5. The first-order valence-corrected chi connectivity index (χ1v) is 5.95. The van der Waals surface area contributed by atoms with Crippen LogP contribution in [0.3, 0.4) is 0 Å². The van der Waals surface area contributed by atoms with E-state index in [1.165, 1.54) is 38.4 Å². The van der Waals surface area contributed by atoms with Gasteiger partial charge in [0.15, 0.2) is 0 Å². The molecule has 0 aromatic carbocycles. The zero-order chi connectivity index (χ0) is 9.60. The number of carbonyl (C=O) groups is 1. The van der Waals surface area contributed by atoms with Crippen molar-refractivity contribution in [2.45, 2.75) is 44.6 Å². The highest BCUT2D eigenvalue weighted by Crippen LogP contribution is 2.62. The van der Waals surface area contributed by atoms with Gasteiger partial charge in [0, 0.05) is 17.9 Å². The van der Waals surface area contributed by atoms with Gasteiger partial charge < -0.3 is 9.53 Å². The van der Waals surface area contributed by atoms with Crippen molar-refractivity contribution in [2.75, 3.05) is 6.61 Å². The van der Waals surface area contributed by atoms with Crippen molar-refractivity contribution < 1.29 is 9.53 Å². The monoisotopic (exact) mass is 194 g/mol. The second-order valence-corrected chi connectivity index (χ2v) is 5.20. The van der Waals surface area contributed by atoms with Crippen molar-refractivity contribution in [3.05, 3.63) is 0 Å². The number of rotatable bonds is 1. The Morgan fingerprint density at radius 1 is 1.21 bits per heavy atom. The number of fused-ring (bicyclic) bond motifs is 2. The van der Waals surface area contributed by atoms with Crippen LogP contribution in [0.15, 0.2) is 0 Å². The van der Waals surface area contributed by atoms with Crippen LogP contribution in [-0.2, 0) is 9.53 Å². The van der Waals surface area contributed by atoms with Crippen molar-refractivity contribution >= 4 is 6.29 Å². The molecular weight excluding hydrogens is 176 g/mol. The second kappa shape index (κ2) is 3.06. The van der Waals surface area contributed by atoms with Crippen molar-refractivity contribution in [2.24, 2.45) is 17.3 Å². The maximum atomic E-state index is 11.1. The normalized spacial score (nSPS) is 44.4. The van der Waals surface area contributed by atoms with Crippen LogP contribution in [0.5, 0.6) is 0 Å². The average molecular weight is 194 g/mol. The van der Waals surface area contributed by atoms with Crippen molar-refractivity contribution in [1.82, 2.24) is 0 Å². The standard InChI is InChI=1S/C12H18O2/c13-8-10-9-4-3-7-14-11(9)12(10)5-1-2-6-12/h8-11H,1-7H2/t9-,10-,11+/m1/s1. The Kier molecular flexibility index (Phi) is 1.94. The molecule has 1 aliphatic heterocycles. The van der Waals surface area contributed by atoms with Crippen LogP contribution in [0, 0.1) is 17.3 Å². The Morgan fingerprint density at radius 2 is 2.00 bits per heavy atom. The minimum atomic E-state index is 0.285. The Hall–Kier alpha value is -0.370. The van der Waals surface area contributed by atoms with E-state index in [-0.39, 0.29) is 5.41 Å². The van der Waals surface area contributed by atoms with Gasteiger partial charge in [-0.05, 0) is 31.6 Å². The van der Waals surface area contributed by atoms with E-state index >= 15 is 0 Å². The Bertz CT molecular complexity index is 243. The largest absolute Gasteiger partial charge is 0.377 e. The van der Waals surface area contributed by atoms with Crippen LogP contribution < -0.4 is 0 Å². The quantitative estimate of drug-likeness (QED) is 0.598. The van der Waals surface area contributed by atoms with Crippen LogP contribution in [0.1, 0.15) is 38.5 Å². The fraction of sp³-hybridized carbons (Fsp3) is 0.917. The van der Waals surface area contributed by atoms with Gasteiger partial charge in [0.1, 0.15) is 6.29 Å². The lowest BCUT2D eigenvalue weighted by Crippen LogP contribution is -2.62. The first-order valence-electron chi connectivity index (χ1n) is 5.95. The van der Waals surface area contributed by atoms with Crippen molar-refractivity contribution in [3.63, 3.8) is 0 Å². The highest BCUT2D eigenvalue weighted by molar-refractivity contribution is 5.59. The molecule has 1 spiro atoms. The molecular formula is C12H18O2. The van der Waals surface area contributed by atoms with Gasteiger partial charge >= 0.3 is 0 Å². The first kappa shape index (κ1) is 8.90. The van der Waals surface area contributed by atoms with Crippen LogP contribution in [-0.4, -0.2) is 19.0 Å². The third-order valence-corrected chi connectivity index (χ3v) is 4.74. The minimum absolute atomic E-state index is 0.285. The topological polar surface area (TPSA) is 26.3 Å². The fourth-order valence-corrected chi connectivity index (χ4v) is 4.15. The number of aldehydes is 1. The molecule has 0 amide bonds. The summed E-state index contributed by atoms with van der Waals surface area (Å²) in [6.45, 7) is 0.925. The van der Waals surface area contributed by atoms with Crippen LogP contribution in [0.25, 0.3) is 0 Å². The molecule has 3 rings (SSSR count). The molecule has 78 valence electrons. The molecule has 0 aromatic heterocycles. The van der Waals surface area contributed by atoms with Gasteiger partial charge in [-0.15, -0.1) is 0 Å². The van der Waals surface area contributed by atoms with Crippen LogP contribution >= 0.6 is 0 Å². The predicted molar refractivity (Wildman–Crippen MR) is 52.9 cm³/mol. The summed E-state index contributed by atoms with van der Waals surface area (Å²) in [7, 11) is 0. The molecule has 2 aliphatic carbocycles. The zero-order valence-electron chi connectivity index (χ0n) is 8.58. The number of ether oxygens (including phenoxy) is 1. The molecule has 0 bridgehead atoms. The molecule has 3 fully saturated rings. The maximum absolute atomic E-state index is 11.1. The van der Waals surface area contributed by atoms with Gasteiger partial charge in [0.2, 0.25) is 0 Å². The Balaban J connectivity index is 1.85. The van der Waals surface area contributed by atoms with Gasteiger partial charge in [-0.3, -0.25) is 0 Å². The predicted octanol–water partition coefficient (Wildman–Crippen LogP) is 2.17. The van der Waals surface area contributed by atoms with Gasteiger partial charge in [-0.25, -0.2) is 0 Å². The van der Waals surface area contributed by atoms with Gasteiger partial charge in [0.05, 0.1) is 6.10 Å². The van der Waals surface area contributed by atoms with E-state index < -0.39 is 0 Å². The molecule has 1 saturated heterocycles. The average Bonchev–Trinajstić information content (AvgIpc) is 2.69. The molecule has 2 saturated carbocycles. The van der Waals surface area contributed by atoms with Gasteiger partial charge in [0.25, 0.3) is 0 Å². The molecule has 0 aromatic rings. The van der Waals surface area contributed by atoms with Crippen LogP contribution in [0.4, 0.5) is 0 Å². The summed E-state index contributed by atoms with van der Waals surface area (Å²) < 4.78 is 5.89. The van der Waals surface area contributed by atoms with E-state index in [0.717, 1.165) is 13.0 Å². The third-order valence-electron chi connectivity index (χ3n) is 4.74. The summed E-state index contributed by atoms with van der Waals surface area (Å²) in [5.41, 5.74) is 0.285. The summed E-state index contributed by atoms with van der Waals surface area (Å²) in [6.07, 6.45) is 9.11. The summed E-state index contributed by atoms with van der Waals surface area (Å²) in [4.78, 5) is 11.1. The van der Waals surface area contributed by atoms with E-state index in [9.17, 15) is 4.79 Å². The fourth-order valence-electron chi connectivity index (χ4n) is 4.15. The minimum Gasteiger partial charge on any atom is -0.377 e.